The van der Waals surface area contributed by atoms with E-state index in [1.54, 1.807) is 38.1 Å². The van der Waals surface area contributed by atoms with Gasteiger partial charge in [-0.3, -0.25) is 9.36 Å². The molecule has 0 radical (unpaired) electrons. The number of benzene rings is 3. The van der Waals surface area contributed by atoms with E-state index in [0.717, 1.165) is 0 Å². The van der Waals surface area contributed by atoms with Crippen LogP contribution in [0, 0.1) is 5.82 Å². The van der Waals surface area contributed by atoms with Crippen molar-refractivity contribution in [1.29, 1.82) is 0 Å². The van der Waals surface area contributed by atoms with Crippen LogP contribution in [0.1, 0.15) is 50.4 Å². The zero-order valence-corrected chi connectivity index (χ0v) is 28.4. The number of hydrogen-bond donors (Lipinski definition) is 0. The number of para-hydroxylation sites is 1. The summed E-state index contributed by atoms with van der Waals surface area (Å²) in [5, 5.41) is 0. The number of nitrogens with zero attached hydrogens (tertiary/aromatic N) is 2. The highest BCUT2D eigenvalue weighted by Crippen LogP contribution is 2.37. The van der Waals surface area contributed by atoms with E-state index in [4.69, 9.17) is 14.2 Å². The van der Waals surface area contributed by atoms with Crippen LogP contribution in [0.3, 0.4) is 0 Å². The lowest BCUT2D eigenvalue weighted by atomic mass is 9.95. The van der Waals surface area contributed by atoms with Crippen molar-refractivity contribution < 1.29 is 23.4 Å². The number of halogens is 3. The second-order valence-corrected chi connectivity index (χ2v) is 12.9. The number of thiazole rings is 1. The van der Waals surface area contributed by atoms with Crippen LogP contribution in [-0.4, -0.2) is 23.2 Å². The maximum Gasteiger partial charge on any atom is 0.338 e. The molecule has 3 aromatic carbocycles. The van der Waals surface area contributed by atoms with Crippen molar-refractivity contribution >= 4 is 55.2 Å². The molecule has 0 amide bonds. The van der Waals surface area contributed by atoms with Gasteiger partial charge in [0.05, 0.1) is 37.5 Å². The summed E-state index contributed by atoms with van der Waals surface area (Å²) in [5.74, 6) is 0.191. The second-order valence-electron chi connectivity index (χ2n) is 10.2. The molecule has 0 aliphatic carbocycles. The quantitative estimate of drug-likeness (QED) is 0.176. The fourth-order valence-electron chi connectivity index (χ4n) is 4.87. The Hall–Kier alpha value is -3.54. The maximum atomic E-state index is 14.1. The molecule has 0 saturated carbocycles. The Labute approximate surface area is 274 Å². The van der Waals surface area contributed by atoms with Crippen molar-refractivity contribution in [2.45, 2.75) is 46.4 Å². The monoisotopic (exact) mass is 742 g/mol. The van der Waals surface area contributed by atoms with E-state index in [9.17, 15) is 14.0 Å². The first-order valence-corrected chi connectivity index (χ1v) is 16.3. The smallest absolute Gasteiger partial charge is 0.338 e. The predicted molar refractivity (Wildman–Crippen MR) is 175 cm³/mol. The number of carbonyl (C=O) groups excluding carboxylic acids is 1. The topological polar surface area (TPSA) is 79.1 Å². The van der Waals surface area contributed by atoms with Crippen LogP contribution in [0.2, 0.25) is 0 Å². The van der Waals surface area contributed by atoms with Gasteiger partial charge in [-0.15, -0.1) is 0 Å². The molecule has 1 aromatic heterocycles. The molecular formula is C33H29Br2FN2O5S. The Kier molecular flexibility index (Phi) is 9.87. The number of fused-ring (bicyclic) bond motifs is 1. The molecule has 0 fully saturated rings. The van der Waals surface area contributed by atoms with E-state index >= 15 is 0 Å². The highest BCUT2D eigenvalue weighted by Gasteiger charge is 2.35. The van der Waals surface area contributed by atoms with E-state index in [1.165, 1.54) is 22.0 Å². The lowest BCUT2D eigenvalue weighted by Crippen LogP contribution is -2.40. The van der Waals surface area contributed by atoms with Gasteiger partial charge in [0.15, 0.2) is 4.80 Å². The summed E-state index contributed by atoms with van der Waals surface area (Å²) >= 11 is 8.34. The van der Waals surface area contributed by atoms with Crippen LogP contribution >= 0.6 is 43.2 Å². The highest BCUT2D eigenvalue weighted by molar-refractivity contribution is 9.11. The minimum absolute atomic E-state index is 0.0476. The maximum absolute atomic E-state index is 14.1. The molecule has 0 N–H and O–H groups in total. The molecule has 1 atom stereocenters. The van der Waals surface area contributed by atoms with Gasteiger partial charge in [0.1, 0.15) is 30.0 Å². The Morgan fingerprint density at radius 2 is 1.80 bits per heavy atom. The lowest BCUT2D eigenvalue weighted by molar-refractivity contribution is -0.139. The third-order valence-electron chi connectivity index (χ3n) is 6.74. The molecule has 4 aromatic rings. The van der Waals surface area contributed by atoms with Crippen LogP contribution < -0.4 is 24.4 Å². The van der Waals surface area contributed by atoms with Gasteiger partial charge >= 0.3 is 5.97 Å². The number of ether oxygens (including phenoxy) is 3. The van der Waals surface area contributed by atoms with Crippen LogP contribution in [0.15, 0.2) is 90.7 Å². The number of esters is 1. The summed E-state index contributed by atoms with van der Waals surface area (Å²) in [6, 6.07) is 16.7. The molecule has 0 saturated heterocycles. The Morgan fingerprint density at radius 1 is 1.11 bits per heavy atom. The van der Waals surface area contributed by atoms with Crippen molar-refractivity contribution in [1.82, 2.24) is 4.57 Å². The van der Waals surface area contributed by atoms with E-state index in [1.807, 2.05) is 50.2 Å². The molecule has 0 spiro atoms. The van der Waals surface area contributed by atoms with E-state index < -0.39 is 12.0 Å². The fraction of sp³-hybridized carbons (Fsp3) is 0.242. The summed E-state index contributed by atoms with van der Waals surface area (Å²) in [7, 11) is 0. The predicted octanol–water partition coefficient (Wildman–Crippen LogP) is 6.83. The SMILES string of the molecule is CCOC(=O)C1=C(C)N=c2s/c(=C/c3cc(Br)c(OCc4ccccc4F)c(Br)c3)c(=O)n2[C@@H]1c1ccccc1OC(C)C. The number of aromatic nitrogens is 1. The van der Waals surface area contributed by atoms with Gasteiger partial charge in [-0.05, 0) is 95.5 Å². The zero-order chi connectivity index (χ0) is 31.5. The zero-order valence-electron chi connectivity index (χ0n) is 24.4. The first-order valence-electron chi connectivity index (χ1n) is 13.9. The van der Waals surface area contributed by atoms with Gasteiger partial charge in [-0.1, -0.05) is 47.7 Å². The van der Waals surface area contributed by atoms with Crippen molar-refractivity contribution in [3.05, 3.63) is 123 Å². The minimum atomic E-state index is -0.796. The summed E-state index contributed by atoms with van der Waals surface area (Å²) in [6.07, 6.45) is 1.63. The van der Waals surface area contributed by atoms with Crippen molar-refractivity contribution in [2.24, 2.45) is 4.99 Å². The van der Waals surface area contributed by atoms with Crippen molar-refractivity contribution in [2.75, 3.05) is 6.61 Å². The van der Waals surface area contributed by atoms with Crippen LogP contribution in [0.4, 0.5) is 4.39 Å². The van der Waals surface area contributed by atoms with Crippen molar-refractivity contribution in [3.8, 4) is 11.5 Å². The lowest BCUT2D eigenvalue weighted by Gasteiger charge is -2.26. The van der Waals surface area contributed by atoms with Crippen molar-refractivity contribution in [3.63, 3.8) is 0 Å². The molecule has 7 nitrogen and oxygen atoms in total. The molecule has 11 heteroatoms. The highest BCUT2D eigenvalue weighted by atomic mass is 79.9. The summed E-state index contributed by atoms with van der Waals surface area (Å²) in [5.41, 5.74) is 2.26. The third-order valence-corrected chi connectivity index (χ3v) is 8.90. The Bertz CT molecular complexity index is 1930. The average Bonchev–Trinajstić information content (AvgIpc) is 3.26. The molecule has 2 heterocycles. The average molecular weight is 744 g/mol. The van der Waals surface area contributed by atoms with Gasteiger partial charge in [0, 0.05) is 11.1 Å². The third kappa shape index (κ3) is 6.60. The summed E-state index contributed by atoms with van der Waals surface area (Å²) in [6.45, 7) is 7.55. The summed E-state index contributed by atoms with van der Waals surface area (Å²) in [4.78, 5) is 32.5. The number of rotatable bonds is 9. The van der Waals surface area contributed by atoms with Gasteiger partial charge < -0.3 is 14.2 Å². The summed E-state index contributed by atoms with van der Waals surface area (Å²) < 4.78 is 34.7. The molecule has 1 aliphatic heterocycles. The van der Waals surface area contributed by atoms with Crippen LogP contribution in [0.5, 0.6) is 11.5 Å². The molecule has 0 unspecified atom stereocenters. The Morgan fingerprint density at radius 3 is 2.48 bits per heavy atom. The van der Waals surface area contributed by atoms with E-state index in [-0.39, 0.29) is 36.3 Å². The molecule has 0 bridgehead atoms. The molecule has 5 rings (SSSR count). The standard InChI is InChI=1S/C33H29Br2FN2O5S/c1-5-41-32(40)28-19(4)37-33-38(29(28)22-11-7-9-13-26(22)43-18(2)3)31(39)27(44-33)16-20-14-23(34)30(24(35)15-20)42-17-21-10-6-8-12-25(21)36/h6-16,18,29H,5,17H2,1-4H3/b27-16+/t29-/m1/s1. The largest absolute Gasteiger partial charge is 0.491 e. The Balaban J connectivity index is 1.59. The van der Waals surface area contributed by atoms with E-state index in [0.29, 0.717) is 52.2 Å². The van der Waals surface area contributed by atoms with Gasteiger partial charge in [0.2, 0.25) is 0 Å². The first-order chi connectivity index (χ1) is 21.1. The molecule has 228 valence electrons. The van der Waals surface area contributed by atoms with Gasteiger partial charge in [-0.25, -0.2) is 14.2 Å². The number of carbonyl (C=O) groups is 1. The second kappa shape index (κ2) is 13.6. The van der Waals surface area contributed by atoms with E-state index in [2.05, 4.69) is 36.9 Å². The molecular weight excluding hydrogens is 715 g/mol. The first kappa shape index (κ1) is 31.9. The van der Waals surface area contributed by atoms with Crippen LogP contribution in [0.25, 0.3) is 6.08 Å². The van der Waals surface area contributed by atoms with Crippen LogP contribution in [-0.2, 0) is 16.1 Å². The normalized spacial score (nSPS) is 14.8. The molecule has 1 aliphatic rings. The fourth-order valence-corrected chi connectivity index (χ4v) is 7.37. The minimum Gasteiger partial charge on any atom is -0.491 e. The van der Waals surface area contributed by atoms with Gasteiger partial charge in [0.25, 0.3) is 5.56 Å². The van der Waals surface area contributed by atoms with Gasteiger partial charge in [-0.2, -0.15) is 0 Å². The number of hydrogen-bond acceptors (Lipinski definition) is 7. The number of allylic oxidation sites excluding steroid dienone is 1. The molecule has 44 heavy (non-hydrogen) atoms.